The Bertz CT molecular complexity index is 160. The Hall–Kier alpha value is 0.460. The summed E-state index contributed by atoms with van der Waals surface area (Å²) >= 11 is 0. The first kappa shape index (κ1) is 15.5. The lowest BCUT2D eigenvalue weighted by atomic mass is 9.96. The zero-order valence-corrected chi connectivity index (χ0v) is 10.7. The fraction of sp³-hybridized carbons (Fsp3) is 1.00. The van der Waals surface area contributed by atoms with Gasteiger partial charge >= 0.3 is 0 Å². The summed E-state index contributed by atoms with van der Waals surface area (Å²) < 4.78 is 5.17. The third kappa shape index (κ3) is 4.45. The van der Waals surface area contributed by atoms with Gasteiger partial charge < -0.3 is 15.4 Å². The van der Waals surface area contributed by atoms with E-state index in [9.17, 15) is 0 Å². The van der Waals surface area contributed by atoms with Crippen LogP contribution < -0.4 is 5.73 Å². The van der Waals surface area contributed by atoms with Crippen molar-refractivity contribution in [2.45, 2.75) is 12.8 Å². The van der Waals surface area contributed by atoms with E-state index in [0.717, 1.165) is 31.6 Å². The largest absolute Gasteiger partial charge is 0.381 e. The summed E-state index contributed by atoms with van der Waals surface area (Å²) in [6.45, 7) is 6.59. The molecule has 0 aromatic rings. The van der Waals surface area contributed by atoms with Crippen LogP contribution in [-0.4, -0.2) is 44.3 Å². The maximum absolute atomic E-state index is 5.65. The van der Waals surface area contributed by atoms with Gasteiger partial charge in [0, 0.05) is 12.5 Å². The summed E-state index contributed by atoms with van der Waals surface area (Å²) in [5, 5.41) is 0. The molecule has 0 aromatic heterocycles. The van der Waals surface area contributed by atoms with Crippen molar-refractivity contribution in [3.8, 4) is 0 Å². The van der Waals surface area contributed by atoms with Gasteiger partial charge in [0.25, 0.3) is 0 Å². The number of nitrogens with zero attached hydrogens (tertiary/aromatic N) is 1. The Labute approximate surface area is 105 Å². The molecule has 0 spiro atoms. The summed E-state index contributed by atoms with van der Waals surface area (Å²) in [7, 11) is 0. The summed E-state index contributed by atoms with van der Waals surface area (Å²) in [5.74, 6) is 1.60. The fourth-order valence-electron chi connectivity index (χ4n) is 2.16. The van der Waals surface area contributed by atoms with Gasteiger partial charge in [-0.3, -0.25) is 0 Å². The minimum Gasteiger partial charge on any atom is -0.381 e. The van der Waals surface area contributed by atoms with Crippen molar-refractivity contribution < 1.29 is 4.74 Å². The smallest absolute Gasteiger partial charge is 0.0528 e. The molecule has 0 atom stereocenters. The highest BCUT2D eigenvalue weighted by atomic mass is 35.5. The van der Waals surface area contributed by atoms with Gasteiger partial charge in [-0.05, 0) is 38.4 Å². The number of piperidine rings is 1. The van der Waals surface area contributed by atoms with Gasteiger partial charge in [0.15, 0.2) is 0 Å². The molecule has 0 saturated carbocycles. The van der Waals surface area contributed by atoms with Crippen molar-refractivity contribution in [1.82, 2.24) is 4.90 Å². The Morgan fingerprint density at radius 3 is 2.07 bits per heavy atom. The van der Waals surface area contributed by atoms with Crippen molar-refractivity contribution in [3.05, 3.63) is 0 Å². The molecule has 0 aromatic carbocycles. The molecule has 0 unspecified atom stereocenters. The van der Waals surface area contributed by atoms with E-state index in [1.54, 1.807) is 0 Å². The van der Waals surface area contributed by atoms with Crippen molar-refractivity contribution >= 4 is 24.8 Å². The van der Waals surface area contributed by atoms with E-state index in [1.165, 1.54) is 32.5 Å². The lowest BCUT2D eigenvalue weighted by Gasteiger charge is -2.36. The average Bonchev–Trinajstić information content (AvgIpc) is 2.12. The van der Waals surface area contributed by atoms with Crippen LogP contribution in [0.1, 0.15) is 12.8 Å². The molecular weight excluding hydrogens is 235 g/mol. The first-order valence-corrected chi connectivity index (χ1v) is 5.38. The molecule has 0 aliphatic carbocycles. The van der Waals surface area contributed by atoms with E-state index in [4.69, 9.17) is 10.5 Å². The van der Waals surface area contributed by atoms with Crippen LogP contribution in [0.4, 0.5) is 0 Å². The number of halogens is 2. The summed E-state index contributed by atoms with van der Waals surface area (Å²) in [6.07, 6.45) is 2.59. The lowest BCUT2D eigenvalue weighted by molar-refractivity contribution is -0.0495. The molecule has 15 heavy (non-hydrogen) atoms. The molecule has 92 valence electrons. The minimum atomic E-state index is 0. The topological polar surface area (TPSA) is 38.5 Å². The third-order valence-corrected chi connectivity index (χ3v) is 3.26. The highest BCUT2D eigenvalue weighted by Gasteiger charge is 2.24. The molecule has 0 bridgehead atoms. The summed E-state index contributed by atoms with van der Waals surface area (Å²) in [4.78, 5) is 2.57. The van der Waals surface area contributed by atoms with Gasteiger partial charge in [0.05, 0.1) is 13.2 Å². The molecule has 0 amide bonds. The van der Waals surface area contributed by atoms with Crippen molar-refractivity contribution in [3.63, 3.8) is 0 Å². The second-order valence-electron chi connectivity index (χ2n) is 4.38. The molecule has 2 N–H and O–H groups in total. The number of rotatable bonds is 3. The predicted octanol–water partition coefficient (Wildman–Crippen LogP) is 1.15. The van der Waals surface area contributed by atoms with E-state index < -0.39 is 0 Å². The molecule has 3 nitrogen and oxygen atoms in total. The first-order chi connectivity index (χ1) is 6.38. The lowest BCUT2D eigenvalue weighted by Crippen LogP contribution is -2.43. The molecule has 5 heteroatoms. The van der Waals surface area contributed by atoms with Gasteiger partial charge in [-0.2, -0.15) is 0 Å². The van der Waals surface area contributed by atoms with E-state index in [0.29, 0.717) is 0 Å². The van der Waals surface area contributed by atoms with Crippen LogP contribution >= 0.6 is 24.8 Å². The van der Waals surface area contributed by atoms with Crippen LogP contribution in [0.15, 0.2) is 0 Å². The number of ether oxygens (including phenoxy) is 1. The quantitative estimate of drug-likeness (QED) is 0.824. The monoisotopic (exact) mass is 256 g/mol. The van der Waals surface area contributed by atoms with Crippen molar-refractivity contribution in [2.24, 2.45) is 17.6 Å². The summed E-state index contributed by atoms with van der Waals surface area (Å²) in [6, 6.07) is 0. The molecule has 2 aliphatic heterocycles. The van der Waals surface area contributed by atoms with E-state index in [2.05, 4.69) is 4.90 Å². The maximum Gasteiger partial charge on any atom is 0.0528 e. The van der Waals surface area contributed by atoms with Gasteiger partial charge in [0.2, 0.25) is 0 Å². The van der Waals surface area contributed by atoms with Crippen LogP contribution in [0.5, 0.6) is 0 Å². The Balaban J connectivity index is 0.000000980. The van der Waals surface area contributed by atoms with Crippen LogP contribution in [0.3, 0.4) is 0 Å². The molecular formula is C10H22Cl2N2O. The molecule has 0 radical (unpaired) electrons. The Morgan fingerprint density at radius 2 is 1.67 bits per heavy atom. The minimum absolute atomic E-state index is 0. The van der Waals surface area contributed by atoms with Crippen LogP contribution in [0, 0.1) is 11.8 Å². The number of nitrogens with two attached hydrogens (primary N) is 1. The van der Waals surface area contributed by atoms with Crippen molar-refractivity contribution in [1.29, 1.82) is 0 Å². The molecule has 2 saturated heterocycles. The standard InChI is InChI=1S/C10H20N2O.2ClH/c11-5-9-1-3-12(4-2-9)6-10-7-13-8-10;;/h9-10H,1-8,11H2;2*1H. The average molecular weight is 257 g/mol. The van der Waals surface area contributed by atoms with Gasteiger partial charge in [-0.25, -0.2) is 0 Å². The van der Waals surface area contributed by atoms with Crippen LogP contribution in [-0.2, 0) is 4.74 Å². The van der Waals surface area contributed by atoms with Crippen LogP contribution in [0.25, 0.3) is 0 Å². The zero-order chi connectivity index (χ0) is 9.10. The van der Waals surface area contributed by atoms with E-state index in [1.807, 2.05) is 0 Å². The van der Waals surface area contributed by atoms with Gasteiger partial charge in [-0.15, -0.1) is 24.8 Å². The molecule has 2 aliphatic rings. The predicted molar refractivity (Wildman–Crippen MR) is 67.0 cm³/mol. The highest BCUT2D eigenvalue weighted by molar-refractivity contribution is 5.85. The number of hydrogen-bond acceptors (Lipinski definition) is 3. The Morgan fingerprint density at radius 1 is 1.07 bits per heavy atom. The van der Waals surface area contributed by atoms with E-state index in [-0.39, 0.29) is 24.8 Å². The second kappa shape index (κ2) is 7.69. The number of hydrogen-bond donors (Lipinski definition) is 1. The second-order valence-corrected chi connectivity index (χ2v) is 4.38. The fourth-order valence-corrected chi connectivity index (χ4v) is 2.16. The van der Waals surface area contributed by atoms with Gasteiger partial charge in [0.1, 0.15) is 0 Å². The van der Waals surface area contributed by atoms with E-state index >= 15 is 0 Å². The number of likely N-dealkylation sites (tertiary alicyclic amines) is 1. The Kier molecular flexibility index (Phi) is 7.92. The first-order valence-electron chi connectivity index (χ1n) is 5.38. The molecule has 2 fully saturated rings. The third-order valence-electron chi connectivity index (χ3n) is 3.26. The molecule has 2 rings (SSSR count). The summed E-state index contributed by atoms with van der Waals surface area (Å²) in [5.41, 5.74) is 5.65. The van der Waals surface area contributed by atoms with Crippen LogP contribution in [0.2, 0.25) is 0 Å². The normalized spacial score (nSPS) is 23.8. The zero-order valence-electron chi connectivity index (χ0n) is 9.06. The highest BCUT2D eigenvalue weighted by Crippen LogP contribution is 2.19. The van der Waals surface area contributed by atoms with Crippen molar-refractivity contribution in [2.75, 3.05) is 39.4 Å². The SMILES string of the molecule is Cl.Cl.NCC1CCN(CC2COC2)CC1. The van der Waals surface area contributed by atoms with Gasteiger partial charge in [-0.1, -0.05) is 0 Å². The molecule has 2 heterocycles. The maximum atomic E-state index is 5.65.